The maximum atomic E-state index is 12.3. The summed E-state index contributed by atoms with van der Waals surface area (Å²) in [4.78, 5) is 26.9. The molecule has 21 heavy (non-hydrogen) atoms. The Morgan fingerprint density at radius 2 is 2.14 bits per heavy atom. The minimum atomic E-state index is -0.118. The van der Waals surface area contributed by atoms with E-state index in [2.05, 4.69) is 16.8 Å². The molecule has 5 heteroatoms. The molecule has 0 atom stereocenters. The van der Waals surface area contributed by atoms with E-state index in [-0.39, 0.29) is 11.8 Å². The van der Waals surface area contributed by atoms with Crippen molar-refractivity contribution in [1.82, 2.24) is 4.90 Å². The van der Waals surface area contributed by atoms with Gasteiger partial charge in [-0.25, -0.2) is 4.79 Å². The molecule has 3 rings (SSSR count). The van der Waals surface area contributed by atoms with E-state index >= 15 is 0 Å². The highest BCUT2D eigenvalue weighted by Crippen LogP contribution is 2.24. The van der Waals surface area contributed by atoms with Gasteiger partial charge in [0, 0.05) is 29.2 Å². The van der Waals surface area contributed by atoms with Crippen LogP contribution in [0, 0.1) is 0 Å². The Labute approximate surface area is 127 Å². The molecule has 1 aliphatic rings. The summed E-state index contributed by atoms with van der Waals surface area (Å²) in [5, 5.41) is 4.94. The van der Waals surface area contributed by atoms with Gasteiger partial charge in [0.15, 0.2) is 5.78 Å². The second-order valence-electron chi connectivity index (χ2n) is 5.11. The summed E-state index contributed by atoms with van der Waals surface area (Å²) in [5.74, 6) is -0.00742. The molecule has 0 unspecified atom stereocenters. The van der Waals surface area contributed by atoms with E-state index in [1.165, 1.54) is 17.4 Å². The summed E-state index contributed by atoms with van der Waals surface area (Å²) >= 11 is 1.75. The van der Waals surface area contributed by atoms with Crippen LogP contribution in [0.3, 0.4) is 0 Å². The van der Waals surface area contributed by atoms with E-state index in [0.717, 1.165) is 13.0 Å². The number of thiophene rings is 1. The summed E-state index contributed by atoms with van der Waals surface area (Å²) in [6.07, 6.45) is 0.911. The Kier molecular flexibility index (Phi) is 3.75. The van der Waals surface area contributed by atoms with Crippen LogP contribution in [-0.4, -0.2) is 23.3 Å². The quantitative estimate of drug-likeness (QED) is 0.862. The van der Waals surface area contributed by atoms with Crippen molar-refractivity contribution in [3.8, 4) is 0 Å². The molecule has 4 nitrogen and oxygen atoms in total. The van der Waals surface area contributed by atoms with E-state index < -0.39 is 0 Å². The fourth-order valence-electron chi connectivity index (χ4n) is 2.44. The SMILES string of the molecule is CC(=O)c1cccc(NC(=O)N2CCc3sccc3C2)c1. The normalized spacial score (nSPS) is 13.7. The fraction of sp³-hybridized carbons (Fsp3) is 0.250. The summed E-state index contributed by atoms with van der Waals surface area (Å²) in [6, 6.07) is 8.99. The predicted molar refractivity (Wildman–Crippen MR) is 83.9 cm³/mol. The molecule has 0 bridgehead atoms. The molecule has 1 aromatic heterocycles. The molecule has 2 heterocycles. The first kappa shape index (κ1) is 13.8. The van der Waals surface area contributed by atoms with Crippen LogP contribution in [0.4, 0.5) is 10.5 Å². The molecule has 108 valence electrons. The lowest BCUT2D eigenvalue weighted by molar-refractivity contribution is 0.101. The van der Waals surface area contributed by atoms with Gasteiger partial charge in [-0.1, -0.05) is 12.1 Å². The molecule has 0 saturated heterocycles. The molecular formula is C16H16N2O2S. The molecular weight excluding hydrogens is 284 g/mol. The summed E-state index contributed by atoms with van der Waals surface area (Å²) < 4.78 is 0. The van der Waals surface area contributed by atoms with Gasteiger partial charge in [-0.3, -0.25) is 4.79 Å². The maximum absolute atomic E-state index is 12.3. The number of amides is 2. The van der Waals surface area contributed by atoms with Crippen LogP contribution in [0.1, 0.15) is 27.7 Å². The molecule has 1 aliphatic heterocycles. The number of urea groups is 1. The lowest BCUT2D eigenvalue weighted by atomic mass is 10.1. The van der Waals surface area contributed by atoms with Crippen LogP contribution in [0.5, 0.6) is 0 Å². The van der Waals surface area contributed by atoms with Gasteiger partial charge in [0.05, 0.1) is 0 Å². The van der Waals surface area contributed by atoms with Crippen molar-refractivity contribution in [2.45, 2.75) is 19.9 Å². The number of carbonyl (C=O) groups excluding carboxylic acids is 2. The third-order valence-corrected chi connectivity index (χ3v) is 4.64. The zero-order chi connectivity index (χ0) is 14.8. The van der Waals surface area contributed by atoms with Crippen molar-refractivity contribution in [1.29, 1.82) is 0 Å². The van der Waals surface area contributed by atoms with Gasteiger partial charge in [0.1, 0.15) is 0 Å². The first-order valence-corrected chi connectivity index (χ1v) is 7.73. The average molecular weight is 300 g/mol. The number of benzene rings is 1. The number of ketones is 1. The van der Waals surface area contributed by atoms with Crippen molar-refractivity contribution in [2.75, 3.05) is 11.9 Å². The Morgan fingerprint density at radius 1 is 1.29 bits per heavy atom. The van der Waals surface area contributed by atoms with Crippen molar-refractivity contribution in [3.63, 3.8) is 0 Å². The monoisotopic (exact) mass is 300 g/mol. The fourth-order valence-corrected chi connectivity index (χ4v) is 3.33. The predicted octanol–water partition coefficient (Wildman–Crippen LogP) is 3.54. The second kappa shape index (κ2) is 5.69. The number of fused-ring (bicyclic) bond motifs is 1. The summed E-state index contributed by atoms with van der Waals surface area (Å²) in [6.45, 7) is 2.90. The molecule has 0 aliphatic carbocycles. The van der Waals surface area contributed by atoms with Crippen LogP contribution in [0.15, 0.2) is 35.7 Å². The molecule has 0 spiro atoms. The molecule has 0 radical (unpaired) electrons. The lowest BCUT2D eigenvalue weighted by Crippen LogP contribution is -2.38. The van der Waals surface area contributed by atoms with Crippen molar-refractivity contribution < 1.29 is 9.59 Å². The second-order valence-corrected chi connectivity index (χ2v) is 6.11. The highest BCUT2D eigenvalue weighted by molar-refractivity contribution is 7.10. The molecule has 0 saturated carbocycles. The van der Waals surface area contributed by atoms with Crippen molar-refractivity contribution in [3.05, 3.63) is 51.7 Å². The molecule has 2 amide bonds. The molecule has 1 N–H and O–H groups in total. The van der Waals surface area contributed by atoms with Crippen molar-refractivity contribution >= 4 is 28.8 Å². The molecule has 0 fully saturated rings. The first-order valence-electron chi connectivity index (χ1n) is 6.85. The Morgan fingerprint density at radius 3 is 2.95 bits per heavy atom. The zero-order valence-corrected chi connectivity index (χ0v) is 12.6. The summed E-state index contributed by atoms with van der Waals surface area (Å²) in [5.41, 5.74) is 2.49. The smallest absolute Gasteiger partial charge is 0.320 e. The van der Waals surface area contributed by atoms with Gasteiger partial charge in [-0.15, -0.1) is 11.3 Å². The third-order valence-electron chi connectivity index (χ3n) is 3.62. The van der Waals surface area contributed by atoms with E-state index in [1.807, 2.05) is 0 Å². The van der Waals surface area contributed by atoms with E-state index in [9.17, 15) is 9.59 Å². The van der Waals surface area contributed by atoms with Gasteiger partial charge < -0.3 is 10.2 Å². The zero-order valence-electron chi connectivity index (χ0n) is 11.8. The van der Waals surface area contributed by atoms with Gasteiger partial charge in [0.25, 0.3) is 0 Å². The highest BCUT2D eigenvalue weighted by atomic mass is 32.1. The van der Waals surface area contributed by atoms with E-state index in [1.54, 1.807) is 40.5 Å². The van der Waals surface area contributed by atoms with Gasteiger partial charge in [-0.05, 0) is 42.5 Å². The van der Waals surface area contributed by atoms with Crippen LogP contribution in [0.25, 0.3) is 0 Å². The first-order chi connectivity index (χ1) is 10.1. The Bertz CT molecular complexity index is 693. The molecule has 2 aromatic rings. The Balaban J connectivity index is 1.70. The molecule has 1 aromatic carbocycles. The Hall–Kier alpha value is -2.14. The van der Waals surface area contributed by atoms with Gasteiger partial charge >= 0.3 is 6.03 Å². The van der Waals surface area contributed by atoms with Crippen molar-refractivity contribution in [2.24, 2.45) is 0 Å². The number of carbonyl (C=O) groups is 2. The standard InChI is InChI=1S/C16H16N2O2S/c1-11(19)12-3-2-4-14(9-12)17-16(20)18-7-5-15-13(10-18)6-8-21-15/h2-4,6,8-9H,5,7,10H2,1H3,(H,17,20). The number of rotatable bonds is 2. The van der Waals surface area contributed by atoms with Crippen LogP contribution >= 0.6 is 11.3 Å². The number of hydrogen-bond donors (Lipinski definition) is 1. The van der Waals surface area contributed by atoms with Crippen LogP contribution in [0.2, 0.25) is 0 Å². The number of nitrogens with one attached hydrogen (secondary N) is 1. The van der Waals surface area contributed by atoms with E-state index in [0.29, 0.717) is 17.8 Å². The number of nitrogens with zero attached hydrogens (tertiary/aromatic N) is 1. The number of Topliss-reactive ketones (excluding diaryl/α,β-unsaturated/α-hetero) is 1. The number of anilines is 1. The van der Waals surface area contributed by atoms with E-state index in [4.69, 9.17) is 0 Å². The van der Waals surface area contributed by atoms with Crippen LogP contribution < -0.4 is 5.32 Å². The van der Waals surface area contributed by atoms with Gasteiger partial charge in [-0.2, -0.15) is 0 Å². The van der Waals surface area contributed by atoms with Crippen LogP contribution in [-0.2, 0) is 13.0 Å². The lowest BCUT2D eigenvalue weighted by Gasteiger charge is -2.27. The van der Waals surface area contributed by atoms with Gasteiger partial charge in [0.2, 0.25) is 0 Å². The largest absolute Gasteiger partial charge is 0.322 e. The average Bonchev–Trinajstić information content (AvgIpc) is 2.94. The third kappa shape index (κ3) is 2.97. The maximum Gasteiger partial charge on any atom is 0.322 e. The number of hydrogen-bond acceptors (Lipinski definition) is 3. The summed E-state index contributed by atoms with van der Waals surface area (Å²) in [7, 11) is 0. The highest BCUT2D eigenvalue weighted by Gasteiger charge is 2.21. The minimum absolute atomic E-state index is 0.00742. The topological polar surface area (TPSA) is 49.4 Å². The minimum Gasteiger partial charge on any atom is -0.320 e.